The summed E-state index contributed by atoms with van der Waals surface area (Å²) in [6.45, 7) is 0.993. The van der Waals surface area contributed by atoms with Crippen LogP contribution in [0, 0.1) is 0 Å². The van der Waals surface area contributed by atoms with Crippen molar-refractivity contribution in [2.75, 3.05) is 13.6 Å². The molecule has 0 saturated carbocycles. The number of rotatable bonds is 6. The summed E-state index contributed by atoms with van der Waals surface area (Å²) in [5, 5.41) is 6.82. The SMILES string of the molecule is CNCCC(c1ccccc1)c1c[nH]c2cccc(-c3cccs3)c12. The van der Waals surface area contributed by atoms with E-state index in [9.17, 15) is 0 Å². The van der Waals surface area contributed by atoms with E-state index in [1.165, 1.54) is 32.5 Å². The molecule has 2 aromatic carbocycles. The fourth-order valence-corrected chi connectivity index (χ4v) is 4.36. The Hall–Kier alpha value is -2.36. The predicted molar refractivity (Wildman–Crippen MR) is 108 cm³/mol. The molecule has 0 aliphatic heterocycles. The zero-order chi connectivity index (χ0) is 17.1. The van der Waals surface area contributed by atoms with Gasteiger partial charge in [0.25, 0.3) is 0 Å². The number of aromatic nitrogens is 1. The average Bonchev–Trinajstić information content (AvgIpc) is 3.33. The molecular formula is C22H22N2S. The zero-order valence-corrected chi connectivity index (χ0v) is 15.1. The molecule has 4 aromatic rings. The quantitative estimate of drug-likeness (QED) is 0.465. The van der Waals surface area contributed by atoms with Crippen molar-refractivity contribution in [1.29, 1.82) is 0 Å². The summed E-state index contributed by atoms with van der Waals surface area (Å²) in [6, 6.07) is 21.7. The van der Waals surface area contributed by atoms with E-state index in [0.29, 0.717) is 5.92 Å². The third-order valence-electron chi connectivity index (χ3n) is 4.78. The second-order valence-electron chi connectivity index (χ2n) is 6.30. The molecule has 0 radical (unpaired) electrons. The van der Waals surface area contributed by atoms with Crippen LogP contribution in [0.2, 0.25) is 0 Å². The van der Waals surface area contributed by atoms with E-state index < -0.39 is 0 Å². The molecule has 0 bridgehead atoms. The van der Waals surface area contributed by atoms with Crippen molar-refractivity contribution >= 4 is 22.2 Å². The fraction of sp³-hybridized carbons (Fsp3) is 0.182. The first-order chi connectivity index (χ1) is 12.4. The molecule has 2 heterocycles. The Labute approximate surface area is 152 Å². The first-order valence-corrected chi connectivity index (χ1v) is 9.60. The summed E-state index contributed by atoms with van der Waals surface area (Å²) < 4.78 is 0. The van der Waals surface area contributed by atoms with E-state index >= 15 is 0 Å². The molecular weight excluding hydrogens is 324 g/mol. The molecule has 25 heavy (non-hydrogen) atoms. The maximum Gasteiger partial charge on any atom is 0.0463 e. The summed E-state index contributed by atoms with van der Waals surface area (Å²) in [5.41, 5.74) is 5.31. The summed E-state index contributed by atoms with van der Waals surface area (Å²) in [4.78, 5) is 4.83. The van der Waals surface area contributed by atoms with E-state index in [1.54, 1.807) is 11.3 Å². The average molecular weight is 346 g/mol. The van der Waals surface area contributed by atoms with E-state index in [1.807, 2.05) is 7.05 Å². The van der Waals surface area contributed by atoms with E-state index in [-0.39, 0.29) is 0 Å². The predicted octanol–water partition coefficient (Wildman–Crippen LogP) is 5.64. The Balaban J connectivity index is 1.89. The van der Waals surface area contributed by atoms with Gasteiger partial charge in [-0.05, 0) is 48.7 Å². The third-order valence-corrected chi connectivity index (χ3v) is 5.69. The van der Waals surface area contributed by atoms with Gasteiger partial charge in [0.15, 0.2) is 0 Å². The molecule has 1 atom stereocenters. The van der Waals surface area contributed by atoms with Crippen LogP contribution in [0.4, 0.5) is 0 Å². The number of aromatic amines is 1. The summed E-state index contributed by atoms with van der Waals surface area (Å²) >= 11 is 1.80. The van der Waals surface area contributed by atoms with Crippen molar-refractivity contribution in [3.8, 4) is 10.4 Å². The number of benzene rings is 2. The Morgan fingerprint density at radius 2 is 1.88 bits per heavy atom. The van der Waals surface area contributed by atoms with Gasteiger partial charge in [-0.25, -0.2) is 0 Å². The standard InChI is InChI=1S/C22H22N2S/c1-23-13-12-17(16-7-3-2-4-8-16)19-15-24-20-10-5-9-18(22(19)20)21-11-6-14-25-21/h2-11,14-15,17,23-24H,12-13H2,1H3. The molecule has 3 heteroatoms. The van der Waals surface area contributed by atoms with Crippen LogP contribution in [0.1, 0.15) is 23.5 Å². The van der Waals surface area contributed by atoms with Crippen LogP contribution in [-0.4, -0.2) is 18.6 Å². The molecule has 1 unspecified atom stereocenters. The van der Waals surface area contributed by atoms with Crippen molar-refractivity contribution in [3.05, 3.63) is 83.4 Å². The van der Waals surface area contributed by atoms with Crippen LogP contribution in [-0.2, 0) is 0 Å². The van der Waals surface area contributed by atoms with Gasteiger partial charge in [0.2, 0.25) is 0 Å². The number of fused-ring (bicyclic) bond motifs is 1. The summed E-state index contributed by atoms with van der Waals surface area (Å²) in [5.74, 6) is 0.378. The Morgan fingerprint density at radius 3 is 2.64 bits per heavy atom. The maximum absolute atomic E-state index is 3.50. The fourth-order valence-electron chi connectivity index (χ4n) is 3.60. The minimum absolute atomic E-state index is 0.378. The normalized spacial score (nSPS) is 12.5. The van der Waals surface area contributed by atoms with Crippen LogP contribution in [0.15, 0.2) is 72.2 Å². The first kappa shape index (κ1) is 16.1. The van der Waals surface area contributed by atoms with E-state index in [2.05, 4.69) is 82.5 Å². The van der Waals surface area contributed by atoms with Gasteiger partial charge in [-0.15, -0.1) is 11.3 Å². The lowest BCUT2D eigenvalue weighted by molar-refractivity contribution is 0.664. The smallest absolute Gasteiger partial charge is 0.0463 e. The Bertz CT molecular complexity index is 939. The highest BCUT2D eigenvalue weighted by atomic mass is 32.1. The minimum atomic E-state index is 0.378. The Morgan fingerprint density at radius 1 is 1.00 bits per heavy atom. The maximum atomic E-state index is 3.50. The number of nitrogens with one attached hydrogen (secondary N) is 2. The van der Waals surface area contributed by atoms with E-state index in [4.69, 9.17) is 0 Å². The van der Waals surface area contributed by atoms with Gasteiger partial charge in [-0.3, -0.25) is 0 Å². The van der Waals surface area contributed by atoms with Crippen molar-refractivity contribution in [3.63, 3.8) is 0 Å². The highest BCUT2D eigenvalue weighted by molar-refractivity contribution is 7.13. The monoisotopic (exact) mass is 346 g/mol. The van der Waals surface area contributed by atoms with Gasteiger partial charge >= 0.3 is 0 Å². The lowest BCUT2D eigenvalue weighted by Gasteiger charge is -2.18. The molecule has 2 nitrogen and oxygen atoms in total. The van der Waals surface area contributed by atoms with Crippen molar-refractivity contribution < 1.29 is 0 Å². The van der Waals surface area contributed by atoms with Crippen LogP contribution < -0.4 is 5.32 Å². The van der Waals surface area contributed by atoms with Gasteiger partial charge < -0.3 is 10.3 Å². The molecule has 2 aromatic heterocycles. The Kier molecular flexibility index (Phi) is 4.68. The molecule has 4 rings (SSSR count). The van der Waals surface area contributed by atoms with Crippen molar-refractivity contribution in [1.82, 2.24) is 10.3 Å². The van der Waals surface area contributed by atoms with Gasteiger partial charge in [-0.2, -0.15) is 0 Å². The van der Waals surface area contributed by atoms with Crippen LogP contribution in [0.3, 0.4) is 0 Å². The van der Waals surface area contributed by atoms with Gasteiger partial charge in [-0.1, -0.05) is 48.5 Å². The molecule has 0 aliphatic carbocycles. The third kappa shape index (κ3) is 3.13. The number of H-pyrrole nitrogens is 1. The number of hydrogen-bond acceptors (Lipinski definition) is 2. The molecule has 0 spiro atoms. The topological polar surface area (TPSA) is 27.8 Å². The molecule has 0 saturated heterocycles. The second kappa shape index (κ2) is 7.26. The summed E-state index contributed by atoms with van der Waals surface area (Å²) in [7, 11) is 2.02. The van der Waals surface area contributed by atoms with Crippen molar-refractivity contribution in [2.45, 2.75) is 12.3 Å². The van der Waals surface area contributed by atoms with Gasteiger partial charge in [0, 0.05) is 33.5 Å². The van der Waals surface area contributed by atoms with Crippen LogP contribution in [0.25, 0.3) is 21.3 Å². The van der Waals surface area contributed by atoms with Gasteiger partial charge in [0.1, 0.15) is 0 Å². The minimum Gasteiger partial charge on any atom is -0.361 e. The molecule has 126 valence electrons. The highest BCUT2D eigenvalue weighted by Gasteiger charge is 2.20. The molecule has 0 fully saturated rings. The largest absolute Gasteiger partial charge is 0.361 e. The highest BCUT2D eigenvalue weighted by Crippen LogP contribution is 2.39. The molecule has 0 amide bonds. The number of hydrogen-bond donors (Lipinski definition) is 2. The lowest BCUT2D eigenvalue weighted by atomic mass is 9.87. The van der Waals surface area contributed by atoms with Crippen LogP contribution in [0.5, 0.6) is 0 Å². The zero-order valence-electron chi connectivity index (χ0n) is 14.3. The number of thiophene rings is 1. The van der Waals surface area contributed by atoms with E-state index in [0.717, 1.165) is 13.0 Å². The van der Waals surface area contributed by atoms with Crippen molar-refractivity contribution in [2.24, 2.45) is 0 Å². The molecule has 0 aliphatic rings. The lowest BCUT2D eigenvalue weighted by Crippen LogP contribution is -2.13. The van der Waals surface area contributed by atoms with Gasteiger partial charge in [0.05, 0.1) is 0 Å². The first-order valence-electron chi connectivity index (χ1n) is 8.72. The van der Waals surface area contributed by atoms with Crippen LogP contribution >= 0.6 is 11.3 Å². The summed E-state index contributed by atoms with van der Waals surface area (Å²) in [6.07, 6.45) is 3.28. The second-order valence-corrected chi connectivity index (χ2v) is 7.25. The molecule has 2 N–H and O–H groups in total.